The zero-order chi connectivity index (χ0) is 14.3. The van der Waals surface area contributed by atoms with E-state index in [9.17, 15) is 8.42 Å². The number of nitrogens with one attached hydrogen (secondary N) is 1. The zero-order valence-electron chi connectivity index (χ0n) is 11.6. The number of aliphatic hydroxyl groups is 1. The maximum Gasteiger partial charge on any atom is 0.241 e. The highest BCUT2D eigenvalue weighted by Crippen LogP contribution is 2.51. The highest BCUT2D eigenvalue weighted by Gasteiger charge is 2.45. The van der Waals surface area contributed by atoms with Crippen LogP contribution in [-0.4, -0.2) is 20.1 Å². The Bertz CT molecular complexity index is 556. The van der Waals surface area contributed by atoms with Gasteiger partial charge in [0, 0.05) is 16.3 Å². The lowest BCUT2D eigenvalue weighted by Crippen LogP contribution is -2.32. The van der Waals surface area contributed by atoms with Gasteiger partial charge in [-0.3, -0.25) is 0 Å². The Kier molecular flexibility index (Phi) is 4.07. The average Bonchev–Trinajstić information content (AvgIpc) is 3.04. The van der Waals surface area contributed by atoms with E-state index in [0.29, 0.717) is 22.2 Å². The smallest absolute Gasteiger partial charge is 0.241 e. The molecule has 1 aromatic rings. The fourth-order valence-corrected chi connectivity index (χ4v) is 4.94. The van der Waals surface area contributed by atoms with Gasteiger partial charge in [0.15, 0.2) is 0 Å². The molecule has 1 aliphatic rings. The number of hydrogen-bond donors (Lipinski definition) is 2. The number of aryl methyl sites for hydroxylation is 1. The summed E-state index contributed by atoms with van der Waals surface area (Å²) < 4.78 is 27.3. The number of hydrogen-bond acceptors (Lipinski definition) is 4. The summed E-state index contributed by atoms with van der Waals surface area (Å²) in [5.41, 5.74) is 0.150. The maximum absolute atomic E-state index is 12.3. The first-order valence-corrected chi connectivity index (χ1v) is 8.80. The number of sulfonamides is 1. The van der Waals surface area contributed by atoms with Crippen molar-refractivity contribution in [1.29, 1.82) is 0 Å². The van der Waals surface area contributed by atoms with Crippen molar-refractivity contribution in [3.8, 4) is 0 Å². The Morgan fingerprint density at radius 1 is 1.47 bits per heavy atom. The van der Waals surface area contributed by atoms with E-state index in [1.165, 1.54) is 11.3 Å². The van der Waals surface area contributed by atoms with E-state index >= 15 is 0 Å². The van der Waals surface area contributed by atoms with Crippen LogP contribution in [0.3, 0.4) is 0 Å². The van der Waals surface area contributed by atoms with E-state index in [4.69, 9.17) is 5.11 Å². The highest BCUT2D eigenvalue weighted by molar-refractivity contribution is 7.89. The largest absolute Gasteiger partial charge is 0.391 e. The summed E-state index contributed by atoms with van der Waals surface area (Å²) in [6, 6.07) is 1.57. The average molecular weight is 303 g/mol. The summed E-state index contributed by atoms with van der Waals surface area (Å²) in [4.78, 5) is 1.72. The lowest BCUT2D eigenvalue weighted by molar-refractivity contribution is 0.285. The van der Waals surface area contributed by atoms with Crippen LogP contribution in [0.2, 0.25) is 0 Å². The lowest BCUT2D eigenvalue weighted by atomic mass is 9.93. The topological polar surface area (TPSA) is 66.4 Å². The molecule has 0 bridgehead atoms. The van der Waals surface area contributed by atoms with Gasteiger partial charge >= 0.3 is 0 Å². The van der Waals surface area contributed by atoms with Gasteiger partial charge in [0.05, 0.1) is 11.5 Å². The third-order valence-corrected chi connectivity index (χ3v) is 6.79. The molecule has 108 valence electrons. The summed E-state index contributed by atoms with van der Waals surface area (Å²) in [5, 5.41) is 9.08. The Morgan fingerprint density at radius 2 is 2.11 bits per heavy atom. The van der Waals surface area contributed by atoms with Gasteiger partial charge in [-0.25, -0.2) is 13.1 Å². The second-order valence-corrected chi connectivity index (χ2v) is 8.71. The predicted molar refractivity (Wildman–Crippen MR) is 76.7 cm³/mol. The first-order valence-electron chi connectivity index (χ1n) is 6.50. The Morgan fingerprint density at radius 3 is 2.53 bits per heavy atom. The van der Waals surface area contributed by atoms with Gasteiger partial charge in [-0.15, -0.1) is 11.3 Å². The molecule has 6 heteroatoms. The summed E-state index contributed by atoms with van der Waals surface area (Å²) in [5.74, 6) is 0.492. The molecule has 1 heterocycles. The van der Waals surface area contributed by atoms with Crippen LogP contribution < -0.4 is 4.72 Å². The molecule has 0 aliphatic heterocycles. The third-order valence-electron chi connectivity index (χ3n) is 4.10. The van der Waals surface area contributed by atoms with Crippen LogP contribution in [0.5, 0.6) is 0 Å². The first-order chi connectivity index (χ1) is 8.81. The minimum absolute atomic E-state index is 0.114. The van der Waals surface area contributed by atoms with Crippen LogP contribution in [0, 0.1) is 18.3 Å². The van der Waals surface area contributed by atoms with E-state index in [-0.39, 0.29) is 12.0 Å². The molecule has 2 N–H and O–H groups in total. The molecule has 1 saturated carbocycles. The van der Waals surface area contributed by atoms with E-state index in [0.717, 1.165) is 17.7 Å². The van der Waals surface area contributed by atoms with Crippen molar-refractivity contribution in [3.05, 3.63) is 15.8 Å². The van der Waals surface area contributed by atoms with E-state index in [1.54, 1.807) is 13.0 Å². The lowest BCUT2D eigenvalue weighted by Gasteiger charge is -2.19. The maximum atomic E-state index is 12.3. The molecule has 0 aromatic carbocycles. The summed E-state index contributed by atoms with van der Waals surface area (Å²) in [7, 11) is -3.46. The van der Waals surface area contributed by atoms with Crippen molar-refractivity contribution in [3.63, 3.8) is 0 Å². The Balaban J connectivity index is 2.12. The van der Waals surface area contributed by atoms with Crippen LogP contribution in [0.25, 0.3) is 0 Å². The van der Waals surface area contributed by atoms with Crippen molar-refractivity contribution in [2.75, 3.05) is 6.54 Å². The SMILES string of the molecule is Cc1sc(CO)cc1S(=O)(=O)NCC1(C(C)C)CC1. The molecular formula is C13H21NO3S2. The van der Waals surface area contributed by atoms with E-state index in [2.05, 4.69) is 18.6 Å². The van der Waals surface area contributed by atoms with Crippen LogP contribution in [-0.2, 0) is 16.6 Å². The molecule has 19 heavy (non-hydrogen) atoms. The van der Waals surface area contributed by atoms with E-state index < -0.39 is 10.0 Å². The fourth-order valence-electron chi connectivity index (χ4n) is 2.30. The quantitative estimate of drug-likeness (QED) is 0.847. The Hall–Kier alpha value is -0.430. The normalized spacial score (nSPS) is 17.9. The molecule has 1 aromatic heterocycles. The third kappa shape index (κ3) is 3.02. The number of rotatable bonds is 6. The molecule has 0 spiro atoms. The fraction of sp³-hybridized carbons (Fsp3) is 0.692. The molecule has 0 saturated heterocycles. The molecule has 1 aliphatic carbocycles. The van der Waals surface area contributed by atoms with Gasteiger partial charge in [-0.1, -0.05) is 13.8 Å². The van der Waals surface area contributed by atoms with Crippen LogP contribution in [0.1, 0.15) is 36.4 Å². The van der Waals surface area contributed by atoms with Crippen LogP contribution in [0.15, 0.2) is 11.0 Å². The monoisotopic (exact) mass is 303 g/mol. The molecular weight excluding hydrogens is 282 g/mol. The van der Waals surface area contributed by atoms with Crippen molar-refractivity contribution < 1.29 is 13.5 Å². The second-order valence-electron chi connectivity index (χ2n) is 5.63. The second kappa shape index (κ2) is 5.16. The van der Waals surface area contributed by atoms with Gasteiger partial charge in [0.25, 0.3) is 0 Å². The van der Waals surface area contributed by atoms with Gasteiger partial charge in [0.2, 0.25) is 10.0 Å². The standard InChI is InChI=1S/C13H21NO3S2/c1-9(2)13(4-5-13)8-14-19(16,17)12-6-11(7-15)18-10(12)3/h6,9,14-15H,4-5,7-8H2,1-3H3. The summed E-state index contributed by atoms with van der Waals surface area (Å²) in [6.07, 6.45) is 2.19. The number of thiophene rings is 1. The zero-order valence-corrected chi connectivity index (χ0v) is 13.2. The predicted octanol–water partition coefficient (Wildman–Crippen LogP) is 2.26. The molecule has 0 radical (unpaired) electrons. The van der Waals surface area contributed by atoms with Gasteiger partial charge in [-0.05, 0) is 37.2 Å². The molecule has 0 amide bonds. The Labute approximate surface area is 118 Å². The summed E-state index contributed by atoms with van der Waals surface area (Å²) >= 11 is 1.33. The van der Waals surface area contributed by atoms with Crippen molar-refractivity contribution in [2.45, 2.75) is 45.1 Å². The highest BCUT2D eigenvalue weighted by atomic mass is 32.2. The van der Waals surface area contributed by atoms with Gasteiger partial charge in [-0.2, -0.15) is 0 Å². The molecule has 0 unspecified atom stereocenters. The summed E-state index contributed by atoms with van der Waals surface area (Å²) in [6.45, 7) is 6.45. The molecule has 0 atom stereocenters. The van der Waals surface area contributed by atoms with Crippen molar-refractivity contribution >= 4 is 21.4 Å². The van der Waals surface area contributed by atoms with Crippen LogP contribution >= 0.6 is 11.3 Å². The number of aliphatic hydroxyl groups excluding tert-OH is 1. The molecule has 1 fully saturated rings. The van der Waals surface area contributed by atoms with Crippen molar-refractivity contribution in [1.82, 2.24) is 4.72 Å². The first kappa shape index (κ1) is 15.0. The van der Waals surface area contributed by atoms with Gasteiger partial charge < -0.3 is 5.11 Å². The van der Waals surface area contributed by atoms with Crippen LogP contribution in [0.4, 0.5) is 0 Å². The minimum Gasteiger partial charge on any atom is -0.391 e. The van der Waals surface area contributed by atoms with Gasteiger partial charge in [0.1, 0.15) is 0 Å². The van der Waals surface area contributed by atoms with Crippen molar-refractivity contribution in [2.24, 2.45) is 11.3 Å². The molecule has 4 nitrogen and oxygen atoms in total. The minimum atomic E-state index is -3.46. The van der Waals surface area contributed by atoms with E-state index in [1.807, 2.05) is 0 Å². The molecule has 2 rings (SSSR count).